The Morgan fingerprint density at radius 1 is 1.25 bits per heavy atom. The lowest BCUT2D eigenvalue weighted by Gasteiger charge is -2.11. The Morgan fingerprint density at radius 2 is 2.05 bits per heavy atom. The summed E-state index contributed by atoms with van der Waals surface area (Å²) in [5, 5.41) is 11.3. The number of thiophene rings is 1. The van der Waals surface area contributed by atoms with E-state index < -0.39 is 0 Å². The van der Waals surface area contributed by atoms with Crippen LogP contribution in [0.1, 0.15) is 10.4 Å². The van der Waals surface area contributed by atoms with Crippen molar-refractivity contribution in [1.29, 1.82) is 5.26 Å². The molecule has 0 bridgehead atoms. The van der Waals surface area contributed by atoms with E-state index in [9.17, 15) is 5.26 Å². The molecule has 102 valence electrons. The molecule has 1 aromatic carbocycles. The van der Waals surface area contributed by atoms with E-state index in [0.29, 0.717) is 28.3 Å². The molecule has 2 rings (SSSR count). The molecule has 5 heteroatoms. The first-order valence-corrected chi connectivity index (χ1v) is 6.75. The van der Waals surface area contributed by atoms with Gasteiger partial charge in [0.15, 0.2) is 0 Å². The molecule has 0 aliphatic heterocycles. The molecule has 1 heterocycles. The lowest BCUT2D eigenvalue weighted by molar-refractivity contribution is 0.393. The molecule has 4 nitrogen and oxygen atoms in total. The summed E-state index contributed by atoms with van der Waals surface area (Å²) in [4.78, 5) is 0.836. The molecular weight excluding hydrogens is 272 g/mol. The van der Waals surface area contributed by atoms with Gasteiger partial charge in [-0.25, -0.2) is 0 Å². The van der Waals surface area contributed by atoms with Crippen LogP contribution in [0.3, 0.4) is 0 Å². The highest BCUT2D eigenvalue weighted by molar-refractivity contribution is 7.11. The van der Waals surface area contributed by atoms with Crippen molar-refractivity contribution in [3.8, 4) is 17.6 Å². The number of nitrogens with zero attached hydrogens (tertiary/aromatic N) is 1. The third kappa shape index (κ3) is 2.60. The van der Waals surface area contributed by atoms with Crippen molar-refractivity contribution in [3.63, 3.8) is 0 Å². The lowest BCUT2D eigenvalue weighted by Crippen LogP contribution is -2.02. The zero-order chi connectivity index (χ0) is 14.5. The Bertz CT molecular complexity index is 670. The number of allylic oxidation sites excluding steroid dienone is 1. The smallest absolute Gasteiger partial charge is 0.131 e. The van der Waals surface area contributed by atoms with Crippen LogP contribution in [-0.4, -0.2) is 14.2 Å². The van der Waals surface area contributed by atoms with Gasteiger partial charge in [0.2, 0.25) is 0 Å². The Kier molecular flexibility index (Phi) is 4.28. The molecule has 2 N–H and O–H groups in total. The monoisotopic (exact) mass is 286 g/mol. The molecule has 0 aliphatic carbocycles. The first kappa shape index (κ1) is 14.0. The van der Waals surface area contributed by atoms with Crippen molar-refractivity contribution in [3.05, 3.63) is 46.2 Å². The normalized spacial score (nSPS) is 11.4. The van der Waals surface area contributed by atoms with Crippen LogP contribution in [0.25, 0.3) is 11.3 Å². The van der Waals surface area contributed by atoms with Crippen LogP contribution in [-0.2, 0) is 0 Å². The molecular formula is C15H14N2O2S. The van der Waals surface area contributed by atoms with Crippen LogP contribution in [0.2, 0.25) is 0 Å². The molecule has 20 heavy (non-hydrogen) atoms. The SMILES string of the molecule is COc1ccc(/C(N)=C(/C#N)c2cccs2)c(OC)c1. The molecule has 0 aliphatic rings. The van der Waals surface area contributed by atoms with E-state index in [1.54, 1.807) is 32.4 Å². The number of rotatable bonds is 4. The maximum atomic E-state index is 9.35. The minimum Gasteiger partial charge on any atom is -0.497 e. The van der Waals surface area contributed by atoms with Crippen molar-refractivity contribution in [2.24, 2.45) is 5.73 Å². The van der Waals surface area contributed by atoms with Gasteiger partial charge >= 0.3 is 0 Å². The fraction of sp³-hybridized carbons (Fsp3) is 0.133. The van der Waals surface area contributed by atoms with E-state index in [0.717, 1.165) is 4.88 Å². The average molecular weight is 286 g/mol. The van der Waals surface area contributed by atoms with Crippen molar-refractivity contribution in [2.45, 2.75) is 0 Å². The Hall–Kier alpha value is -2.45. The van der Waals surface area contributed by atoms with Gasteiger partial charge in [-0.2, -0.15) is 5.26 Å². The summed E-state index contributed by atoms with van der Waals surface area (Å²) in [6, 6.07) is 11.2. The molecule has 0 spiro atoms. The van der Waals surface area contributed by atoms with Crippen LogP contribution in [0.15, 0.2) is 35.7 Å². The fourth-order valence-corrected chi connectivity index (χ4v) is 2.56. The van der Waals surface area contributed by atoms with E-state index in [4.69, 9.17) is 15.2 Å². The molecule has 0 amide bonds. The standard InChI is InChI=1S/C15H14N2O2S/c1-18-10-5-6-11(13(8-10)19-2)15(17)12(9-16)14-4-3-7-20-14/h3-8H,17H2,1-2H3/b15-12+. The molecule has 0 saturated heterocycles. The molecule has 0 radical (unpaired) electrons. The van der Waals surface area contributed by atoms with Gasteiger partial charge < -0.3 is 15.2 Å². The number of benzene rings is 1. The maximum Gasteiger partial charge on any atom is 0.131 e. The Balaban J connectivity index is 2.57. The maximum absolute atomic E-state index is 9.35. The van der Waals surface area contributed by atoms with Crippen LogP contribution in [0.5, 0.6) is 11.5 Å². The quantitative estimate of drug-likeness (QED) is 0.877. The summed E-state index contributed by atoms with van der Waals surface area (Å²) in [6.07, 6.45) is 0. The molecule has 0 fully saturated rings. The van der Waals surface area contributed by atoms with Gasteiger partial charge in [0.25, 0.3) is 0 Å². The first-order chi connectivity index (χ1) is 9.71. The second kappa shape index (κ2) is 6.13. The average Bonchev–Trinajstić information content (AvgIpc) is 3.01. The number of methoxy groups -OCH3 is 2. The Labute approximate surface area is 121 Å². The summed E-state index contributed by atoms with van der Waals surface area (Å²) in [5.41, 5.74) is 7.68. The highest BCUT2D eigenvalue weighted by atomic mass is 32.1. The highest BCUT2D eigenvalue weighted by Gasteiger charge is 2.14. The first-order valence-electron chi connectivity index (χ1n) is 5.87. The molecule has 1 aromatic heterocycles. The van der Waals surface area contributed by atoms with Crippen LogP contribution in [0.4, 0.5) is 0 Å². The largest absolute Gasteiger partial charge is 0.497 e. The summed E-state index contributed by atoms with van der Waals surface area (Å²) in [6.45, 7) is 0. The van der Waals surface area contributed by atoms with Crippen molar-refractivity contribution in [2.75, 3.05) is 14.2 Å². The van der Waals surface area contributed by atoms with Gasteiger partial charge in [0.05, 0.1) is 25.5 Å². The van der Waals surface area contributed by atoms with Crippen molar-refractivity contribution in [1.82, 2.24) is 0 Å². The summed E-state index contributed by atoms with van der Waals surface area (Å²) >= 11 is 1.47. The zero-order valence-electron chi connectivity index (χ0n) is 11.2. The predicted molar refractivity (Wildman–Crippen MR) is 80.5 cm³/mol. The third-order valence-electron chi connectivity index (χ3n) is 2.85. The molecule has 0 saturated carbocycles. The van der Waals surface area contributed by atoms with E-state index >= 15 is 0 Å². The fourth-order valence-electron chi connectivity index (χ4n) is 1.82. The van der Waals surface area contributed by atoms with Gasteiger partial charge in [-0.1, -0.05) is 6.07 Å². The van der Waals surface area contributed by atoms with E-state index in [1.165, 1.54) is 11.3 Å². The van der Waals surface area contributed by atoms with Gasteiger partial charge in [-0.3, -0.25) is 0 Å². The third-order valence-corrected chi connectivity index (χ3v) is 3.73. The second-order valence-electron chi connectivity index (χ2n) is 3.94. The number of ether oxygens (including phenoxy) is 2. The number of hydrogen-bond acceptors (Lipinski definition) is 5. The number of nitrogens with two attached hydrogens (primary N) is 1. The van der Waals surface area contributed by atoms with E-state index in [1.807, 2.05) is 17.5 Å². The minimum atomic E-state index is 0.398. The van der Waals surface area contributed by atoms with Crippen molar-refractivity contribution >= 4 is 22.6 Å². The van der Waals surface area contributed by atoms with E-state index in [2.05, 4.69) is 6.07 Å². The summed E-state index contributed by atoms with van der Waals surface area (Å²) in [7, 11) is 3.14. The van der Waals surface area contributed by atoms with Gasteiger partial charge in [-0.05, 0) is 23.6 Å². The van der Waals surface area contributed by atoms with Crippen molar-refractivity contribution < 1.29 is 9.47 Å². The molecule has 0 atom stereocenters. The number of nitriles is 1. The van der Waals surface area contributed by atoms with Crippen LogP contribution < -0.4 is 15.2 Å². The zero-order valence-corrected chi connectivity index (χ0v) is 12.0. The predicted octanol–water partition coefficient (Wildman–Crippen LogP) is 3.12. The number of hydrogen-bond donors (Lipinski definition) is 1. The van der Waals surface area contributed by atoms with Crippen LogP contribution >= 0.6 is 11.3 Å². The van der Waals surface area contributed by atoms with Gasteiger partial charge in [0.1, 0.15) is 17.6 Å². The second-order valence-corrected chi connectivity index (χ2v) is 4.89. The van der Waals surface area contributed by atoms with Crippen LogP contribution in [0, 0.1) is 11.3 Å². The molecule has 2 aromatic rings. The van der Waals surface area contributed by atoms with E-state index in [-0.39, 0.29) is 0 Å². The summed E-state index contributed by atoms with van der Waals surface area (Å²) < 4.78 is 10.5. The van der Waals surface area contributed by atoms with Gasteiger partial charge in [0, 0.05) is 16.5 Å². The minimum absolute atomic E-state index is 0.398. The molecule has 0 unspecified atom stereocenters. The lowest BCUT2D eigenvalue weighted by atomic mass is 10.1. The highest BCUT2D eigenvalue weighted by Crippen LogP contribution is 2.32. The summed E-state index contributed by atoms with van der Waals surface area (Å²) in [5.74, 6) is 1.25. The Morgan fingerprint density at radius 3 is 2.60 bits per heavy atom. The van der Waals surface area contributed by atoms with Gasteiger partial charge in [-0.15, -0.1) is 11.3 Å². The topological polar surface area (TPSA) is 68.3 Å².